The Kier molecular flexibility index (Phi) is 9.25. The van der Waals surface area contributed by atoms with Crippen LogP contribution in [0.3, 0.4) is 0 Å². The summed E-state index contributed by atoms with van der Waals surface area (Å²) in [5.74, 6) is 2.94. The second kappa shape index (κ2) is 11.0. The third-order valence-corrected chi connectivity index (χ3v) is 12.0. The van der Waals surface area contributed by atoms with Gasteiger partial charge in [0.25, 0.3) is 0 Å². The van der Waals surface area contributed by atoms with Gasteiger partial charge in [-0.1, -0.05) is 119 Å². The highest BCUT2D eigenvalue weighted by Crippen LogP contribution is 2.59. The van der Waals surface area contributed by atoms with Crippen molar-refractivity contribution < 1.29 is 9.53 Å². The molecule has 0 aliphatic heterocycles. The molecule has 2 nitrogen and oxygen atoms in total. The molecular formula is C32H50Br2O2. The van der Waals surface area contributed by atoms with Crippen LogP contribution in [0.2, 0.25) is 0 Å². The first-order valence-corrected chi connectivity index (χ1v) is 15.8. The van der Waals surface area contributed by atoms with Crippen molar-refractivity contribution >= 4 is 37.8 Å². The number of hydrogen-bond donors (Lipinski definition) is 0. The predicted molar refractivity (Wildman–Crippen MR) is 160 cm³/mol. The van der Waals surface area contributed by atoms with E-state index in [0.29, 0.717) is 35.5 Å². The van der Waals surface area contributed by atoms with E-state index >= 15 is 0 Å². The van der Waals surface area contributed by atoms with Crippen LogP contribution in [-0.4, -0.2) is 13.1 Å². The van der Waals surface area contributed by atoms with Crippen molar-refractivity contribution in [1.82, 2.24) is 0 Å². The van der Waals surface area contributed by atoms with Gasteiger partial charge in [-0.15, -0.1) is 0 Å². The fourth-order valence-electron chi connectivity index (χ4n) is 7.30. The molecule has 2 saturated carbocycles. The Morgan fingerprint density at radius 3 is 1.56 bits per heavy atom. The second-order valence-corrected chi connectivity index (χ2v) is 16.7. The molecule has 2 aliphatic carbocycles. The predicted octanol–water partition coefficient (Wildman–Crippen LogP) is 10.1. The van der Waals surface area contributed by atoms with E-state index in [4.69, 9.17) is 4.74 Å². The highest BCUT2D eigenvalue weighted by Gasteiger charge is 2.50. The quantitative estimate of drug-likeness (QED) is 0.240. The first-order valence-electron chi connectivity index (χ1n) is 14.2. The van der Waals surface area contributed by atoms with Crippen LogP contribution in [0.15, 0.2) is 12.1 Å². The summed E-state index contributed by atoms with van der Waals surface area (Å²) in [5, 5.41) is 0. The van der Waals surface area contributed by atoms with Gasteiger partial charge in [-0.05, 0) is 83.3 Å². The zero-order valence-electron chi connectivity index (χ0n) is 24.4. The Labute approximate surface area is 238 Å². The summed E-state index contributed by atoms with van der Waals surface area (Å²) in [4.78, 5) is 13.8. The van der Waals surface area contributed by atoms with Crippen LogP contribution >= 0.6 is 31.9 Å². The summed E-state index contributed by atoms with van der Waals surface area (Å²) in [6.07, 6.45) is 6.89. The zero-order chi connectivity index (χ0) is 27.2. The average molecular weight is 627 g/mol. The lowest BCUT2D eigenvalue weighted by Gasteiger charge is -2.49. The topological polar surface area (TPSA) is 26.3 Å². The minimum atomic E-state index is -0.255. The molecule has 3 rings (SSSR count). The van der Waals surface area contributed by atoms with E-state index in [9.17, 15) is 4.79 Å². The molecule has 0 spiro atoms. The summed E-state index contributed by atoms with van der Waals surface area (Å²) in [6.45, 7) is 21.0. The number of hydrogen-bond acceptors (Lipinski definition) is 2. The Balaban J connectivity index is 2.45. The molecule has 0 bridgehead atoms. The molecule has 204 valence electrons. The van der Waals surface area contributed by atoms with Crippen LogP contribution in [0.5, 0.6) is 0 Å². The van der Waals surface area contributed by atoms with E-state index in [1.54, 1.807) is 7.11 Å². The van der Waals surface area contributed by atoms with Gasteiger partial charge in [-0.2, -0.15) is 0 Å². The fraction of sp³-hybridized carbons (Fsp3) is 0.781. The first kappa shape index (κ1) is 30.2. The molecule has 0 saturated heterocycles. The highest BCUT2D eigenvalue weighted by atomic mass is 79.9. The van der Waals surface area contributed by atoms with E-state index in [-0.39, 0.29) is 20.0 Å². The average Bonchev–Trinajstić information content (AvgIpc) is 2.76. The number of carbonyl (C=O) groups is 1. The van der Waals surface area contributed by atoms with E-state index in [1.807, 2.05) is 0 Å². The van der Waals surface area contributed by atoms with Crippen molar-refractivity contribution in [2.75, 3.05) is 7.11 Å². The van der Waals surface area contributed by atoms with Crippen LogP contribution in [0.1, 0.15) is 128 Å². The van der Waals surface area contributed by atoms with Gasteiger partial charge in [0.05, 0.1) is 21.3 Å². The molecule has 4 heteroatoms. The molecule has 2 fully saturated rings. The number of rotatable bonds is 5. The lowest BCUT2D eigenvalue weighted by molar-refractivity contribution is 0.0589. The minimum absolute atomic E-state index is 0.0356. The van der Waals surface area contributed by atoms with Gasteiger partial charge >= 0.3 is 5.97 Å². The zero-order valence-corrected chi connectivity index (χ0v) is 27.6. The molecule has 6 unspecified atom stereocenters. The molecule has 1 aromatic rings. The number of methoxy groups -OCH3 is 1. The number of carbonyl (C=O) groups excluding carboxylic acids is 1. The summed E-state index contributed by atoms with van der Waals surface area (Å²) in [5.41, 5.74) is 4.38. The Hall–Kier alpha value is -0.350. The van der Waals surface area contributed by atoms with E-state index < -0.39 is 0 Å². The molecule has 0 amide bonds. The number of ether oxygens (including phenoxy) is 1. The third-order valence-electron chi connectivity index (χ3n) is 9.31. The smallest absolute Gasteiger partial charge is 0.338 e. The molecule has 0 aromatic heterocycles. The lowest BCUT2D eigenvalue weighted by atomic mass is 9.62. The van der Waals surface area contributed by atoms with Gasteiger partial charge in [0.1, 0.15) is 0 Å². The number of esters is 1. The van der Waals surface area contributed by atoms with Crippen LogP contribution in [-0.2, 0) is 18.8 Å². The molecule has 6 atom stereocenters. The molecule has 0 heterocycles. The van der Waals surface area contributed by atoms with Crippen LogP contribution in [0.25, 0.3) is 0 Å². The normalized spacial score (nSPS) is 33.7. The maximum atomic E-state index is 13.8. The number of halogens is 2. The maximum Gasteiger partial charge on any atom is 0.338 e. The van der Waals surface area contributed by atoms with Crippen LogP contribution in [0, 0.1) is 35.5 Å². The van der Waals surface area contributed by atoms with Crippen molar-refractivity contribution in [2.24, 2.45) is 35.5 Å². The second-order valence-electron chi connectivity index (χ2n) is 13.9. The van der Waals surface area contributed by atoms with Gasteiger partial charge in [0.15, 0.2) is 0 Å². The van der Waals surface area contributed by atoms with E-state index in [1.165, 1.54) is 31.2 Å². The van der Waals surface area contributed by atoms with Gasteiger partial charge < -0.3 is 4.74 Å². The van der Waals surface area contributed by atoms with Gasteiger partial charge in [0, 0.05) is 0 Å². The SMILES string of the molecule is COC(=O)c1c(C2(Br)CC(C)CCC2C(C)C)cc(C(C)(C)C)cc1C1(Br)CC(C)CCC1C(C)C. The Morgan fingerprint density at radius 1 is 0.861 bits per heavy atom. The maximum absolute atomic E-state index is 13.8. The van der Waals surface area contributed by atoms with E-state index in [2.05, 4.69) is 106 Å². The van der Waals surface area contributed by atoms with Crippen molar-refractivity contribution in [3.63, 3.8) is 0 Å². The molecule has 1 aromatic carbocycles. The molecule has 0 N–H and O–H groups in total. The number of alkyl halides is 2. The van der Waals surface area contributed by atoms with Gasteiger partial charge in [0.2, 0.25) is 0 Å². The summed E-state index contributed by atoms with van der Waals surface area (Å²) in [6, 6.07) is 4.70. The summed E-state index contributed by atoms with van der Waals surface area (Å²) < 4.78 is 5.07. The Bertz CT molecular complexity index is 887. The van der Waals surface area contributed by atoms with Crippen molar-refractivity contribution in [3.8, 4) is 0 Å². The van der Waals surface area contributed by atoms with E-state index in [0.717, 1.165) is 29.5 Å². The lowest BCUT2D eigenvalue weighted by Crippen LogP contribution is -2.43. The molecular weight excluding hydrogens is 576 g/mol. The highest BCUT2D eigenvalue weighted by molar-refractivity contribution is 9.10. The Morgan fingerprint density at radius 2 is 1.25 bits per heavy atom. The first-order chi connectivity index (χ1) is 16.6. The fourth-order valence-corrected chi connectivity index (χ4v) is 10.5. The largest absolute Gasteiger partial charge is 0.465 e. The minimum Gasteiger partial charge on any atom is -0.465 e. The monoisotopic (exact) mass is 624 g/mol. The summed E-state index contributed by atoms with van der Waals surface area (Å²) >= 11 is 8.74. The standard InChI is InChI=1S/C32H50Br2O2/c1-19(2)24-13-11-21(5)17-31(24,33)26-15-23(30(7,8)9)16-27(28(26)29(35)36-10)32(34)18-22(6)12-14-25(32)20(3)4/h15-16,19-22,24-25H,11-14,17-18H2,1-10H3. The van der Waals surface area contributed by atoms with Crippen LogP contribution < -0.4 is 0 Å². The van der Waals surface area contributed by atoms with Gasteiger partial charge in [-0.25, -0.2) is 4.79 Å². The number of benzene rings is 1. The molecule has 2 aliphatic rings. The van der Waals surface area contributed by atoms with Crippen molar-refractivity contribution in [2.45, 2.75) is 115 Å². The van der Waals surface area contributed by atoms with Crippen molar-refractivity contribution in [3.05, 3.63) is 34.4 Å². The van der Waals surface area contributed by atoms with Crippen LogP contribution in [0.4, 0.5) is 0 Å². The molecule has 36 heavy (non-hydrogen) atoms. The molecule has 0 radical (unpaired) electrons. The summed E-state index contributed by atoms with van der Waals surface area (Å²) in [7, 11) is 1.54. The van der Waals surface area contributed by atoms with Gasteiger partial charge in [-0.3, -0.25) is 0 Å². The van der Waals surface area contributed by atoms with Crippen molar-refractivity contribution in [1.29, 1.82) is 0 Å². The third kappa shape index (κ3) is 5.65.